The van der Waals surface area contributed by atoms with Gasteiger partial charge < -0.3 is 9.73 Å². The Bertz CT molecular complexity index is 749. The van der Waals surface area contributed by atoms with E-state index in [0.29, 0.717) is 5.69 Å². The van der Waals surface area contributed by atoms with Crippen LogP contribution in [-0.4, -0.2) is 15.9 Å². The molecule has 0 radical (unpaired) electrons. The van der Waals surface area contributed by atoms with Gasteiger partial charge in [-0.1, -0.05) is 0 Å². The zero-order valence-corrected chi connectivity index (χ0v) is 11.4. The maximum absolute atomic E-state index is 11.9. The van der Waals surface area contributed by atoms with E-state index in [-0.39, 0.29) is 11.6 Å². The number of hydrogen-bond acceptors (Lipinski definition) is 4. The number of benzene rings is 1. The average Bonchev–Trinajstić information content (AvgIpc) is 2.95. The maximum atomic E-state index is 11.9. The maximum Gasteiger partial charge on any atom is 0.275 e. The number of aryl methyl sites for hydroxylation is 1. The number of carbonyl (C=O) groups excluding carboxylic acids is 1. The van der Waals surface area contributed by atoms with Gasteiger partial charge in [0, 0.05) is 23.6 Å². The second-order valence-corrected chi connectivity index (χ2v) is 4.53. The Balaban J connectivity index is 1.74. The van der Waals surface area contributed by atoms with E-state index in [9.17, 15) is 4.79 Å². The van der Waals surface area contributed by atoms with Crippen LogP contribution in [0.5, 0.6) is 0 Å². The second-order valence-electron chi connectivity index (χ2n) is 4.53. The van der Waals surface area contributed by atoms with Gasteiger partial charge in [0.15, 0.2) is 0 Å². The van der Waals surface area contributed by atoms with Gasteiger partial charge in [-0.3, -0.25) is 9.78 Å². The van der Waals surface area contributed by atoms with Gasteiger partial charge >= 0.3 is 0 Å². The third-order valence-corrected chi connectivity index (χ3v) is 2.96. The molecule has 0 bridgehead atoms. The van der Waals surface area contributed by atoms with E-state index in [1.54, 1.807) is 0 Å². The first kappa shape index (κ1) is 13.1. The Morgan fingerprint density at radius 3 is 2.52 bits per heavy atom. The monoisotopic (exact) mass is 279 g/mol. The van der Waals surface area contributed by atoms with Crippen molar-refractivity contribution in [3.63, 3.8) is 0 Å². The molecule has 3 rings (SSSR count). The van der Waals surface area contributed by atoms with Crippen molar-refractivity contribution >= 4 is 11.6 Å². The molecule has 21 heavy (non-hydrogen) atoms. The van der Waals surface area contributed by atoms with Crippen LogP contribution in [0.15, 0.2) is 59.4 Å². The summed E-state index contributed by atoms with van der Waals surface area (Å²) < 4.78 is 5.55. The highest BCUT2D eigenvalue weighted by Crippen LogP contribution is 2.23. The molecule has 1 amide bonds. The Morgan fingerprint density at radius 2 is 1.90 bits per heavy atom. The summed E-state index contributed by atoms with van der Waals surface area (Å²) in [6.45, 7) is 1.90. The number of hydrogen-bond donors (Lipinski definition) is 1. The Kier molecular flexibility index (Phi) is 3.47. The van der Waals surface area contributed by atoms with E-state index in [4.69, 9.17) is 4.42 Å². The van der Waals surface area contributed by atoms with Crippen LogP contribution in [0.1, 0.15) is 16.2 Å². The van der Waals surface area contributed by atoms with Crippen molar-refractivity contribution < 1.29 is 9.21 Å². The van der Waals surface area contributed by atoms with Crippen LogP contribution in [0.4, 0.5) is 5.69 Å². The zero-order valence-electron chi connectivity index (χ0n) is 11.4. The van der Waals surface area contributed by atoms with Crippen molar-refractivity contribution in [1.29, 1.82) is 0 Å². The van der Waals surface area contributed by atoms with Gasteiger partial charge in [-0.2, -0.15) is 0 Å². The van der Waals surface area contributed by atoms with Crippen molar-refractivity contribution in [3.05, 3.63) is 66.4 Å². The lowest BCUT2D eigenvalue weighted by molar-refractivity contribution is 0.102. The molecule has 0 fully saturated rings. The fourth-order valence-electron chi connectivity index (χ4n) is 1.92. The van der Waals surface area contributed by atoms with E-state index < -0.39 is 0 Å². The summed E-state index contributed by atoms with van der Waals surface area (Å²) in [6.07, 6.45) is 4.43. The summed E-state index contributed by atoms with van der Waals surface area (Å²) >= 11 is 0. The minimum atomic E-state index is -0.287. The summed E-state index contributed by atoms with van der Waals surface area (Å²) in [5, 5.41) is 2.77. The molecule has 104 valence electrons. The van der Waals surface area contributed by atoms with E-state index >= 15 is 0 Å². The molecule has 1 aromatic carbocycles. The first-order valence-corrected chi connectivity index (χ1v) is 6.46. The Hall–Kier alpha value is -2.95. The molecular formula is C16H13N3O2. The molecule has 0 aliphatic rings. The van der Waals surface area contributed by atoms with Crippen LogP contribution < -0.4 is 5.32 Å². The third-order valence-electron chi connectivity index (χ3n) is 2.96. The number of carbonyl (C=O) groups is 1. The minimum absolute atomic E-state index is 0.281. The van der Waals surface area contributed by atoms with Crippen LogP contribution >= 0.6 is 0 Å². The summed E-state index contributed by atoms with van der Waals surface area (Å²) in [5.74, 6) is 1.38. The summed E-state index contributed by atoms with van der Waals surface area (Å²) in [7, 11) is 0. The summed E-state index contributed by atoms with van der Waals surface area (Å²) in [4.78, 5) is 19.8. The molecular weight excluding hydrogens is 266 g/mol. The van der Waals surface area contributed by atoms with Gasteiger partial charge in [0.25, 0.3) is 5.91 Å². The van der Waals surface area contributed by atoms with Crippen molar-refractivity contribution in [3.8, 4) is 11.3 Å². The number of anilines is 1. The zero-order chi connectivity index (χ0) is 14.7. The predicted molar refractivity (Wildman–Crippen MR) is 78.9 cm³/mol. The van der Waals surface area contributed by atoms with Gasteiger partial charge in [-0.15, -0.1) is 0 Å². The number of nitrogens with zero attached hydrogens (tertiary/aromatic N) is 2. The molecule has 1 N–H and O–H groups in total. The minimum Gasteiger partial charge on any atom is -0.461 e. The molecule has 0 unspecified atom stereocenters. The van der Waals surface area contributed by atoms with Crippen LogP contribution in [0.3, 0.4) is 0 Å². The van der Waals surface area contributed by atoms with Crippen LogP contribution in [0.25, 0.3) is 11.3 Å². The Labute approximate surface area is 121 Å². The summed E-state index contributed by atoms with van der Waals surface area (Å²) in [5.41, 5.74) is 1.93. The molecule has 5 heteroatoms. The smallest absolute Gasteiger partial charge is 0.275 e. The lowest BCUT2D eigenvalue weighted by atomic mass is 10.1. The molecule has 5 nitrogen and oxygen atoms in total. The highest BCUT2D eigenvalue weighted by atomic mass is 16.3. The number of rotatable bonds is 3. The molecule has 0 saturated heterocycles. The molecule has 2 heterocycles. The first-order chi connectivity index (χ1) is 10.2. The average molecular weight is 279 g/mol. The predicted octanol–water partition coefficient (Wildman–Crippen LogP) is 3.30. The van der Waals surface area contributed by atoms with Crippen molar-refractivity contribution in [2.45, 2.75) is 6.92 Å². The second kappa shape index (κ2) is 5.58. The first-order valence-electron chi connectivity index (χ1n) is 6.46. The fraction of sp³-hybridized carbons (Fsp3) is 0.0625. The molecule has 2 aromatic heterocycles. The van der Waals surface area contributed by atoms with Crippen LogP contribution in [-0.2, 0) is 0 Å². The third kappa shape index (κ3) is 2.97. The van der Waals surface area contributed by atoms with Gasteiger partial charge in [-0.05, 0) is 43.3 Å². The number of nitrogens with one attached hydrogen (secondary N) is 1. The van der Waals surface area contributed by atoms with Gasteiger partial charge in [0.1, 0.15) is 17.2 Å². The molecule has 0 spiro atoms. The molecule has 0 aliphatic heterocycles. The van der Waals surface area contributed by atoms with Crippen LogP contribution in [0, 0.1) is 6.92 Å². The summed E-state index contributed by atoms with van der Waals surface area (Å²) in [6, 6.07) is 11.3. The Morgan fingerprint density at radius 1 is 1.10 bits per heavy atom. The van der Waals surface area contributed by atoms with Gasteiger partial charge in [0.05, 0.1) is 6.20 Å². The quantitative estimate of drug-likeness (QED) is 0.798. The van der Waals surface area contributed by atoms with Crippen LogP contribution in [0.2, 0.25) is 0 Å². The van der Waals surface area contributed by atoms with Crippen molar-refractivity contribution in [2.75, 3.05) is 5.32 Å². The van der Waals surface area contributed by atoms with E-state index in [2.05, 4.69) is 15.3 Å². The SMILES string of the molecule is Cc1ccc(-c2ccc(NC(=O)c3cnccn3)cc2)o1. The fourth-order valence-corrected chi connectivity index (χ4v) is 1.92. The van der Waals surface area contributed by atoms with Gasteiger partial charge in [-0.25, -0.2) is 4.98 Å². The van der Waals surface area contributed by atoms with E-state index in [0.717, 1.165) is 17.1 Å². The lowest BCUT2D eigenvalue weighted by Gasteiger charge is -2.05. The molecule has 0 atom stereocenters. The van der Waals surface area contributed by atoms with Crippen molar-refractivity contribution in [1.82, 2.24) is 9.97 Å². The van der Waals surface area contributed by atoms with E-state index in [1.165, 1.54) is 18.6 Å². The lowest BCUT2D eigenvalue weighted by Crippen LogP contribution is -2.13. The molecule has 3 aromatic rings. The highest BCUT2D eigenvalue weighted by Gasteiger charge is 2.08. The van der Waals surface area contributed by atoms with Gasteiger partial charge in [0.2, 0.25) is 0 Å². The normalized spacial score (nSPS) is 10.3. The highest BCUT2D eigenvalue weighted by molar-refractivity contribution is 6.02. The topological polar surface area (TPSA) is 68.0 Å². The number of amides is 1. The molecule has 0 saturated carbocycles. The van der Waals surface area contributed by atoms with Crippen molar-refractivity contribution in [2.24, 2.45) is 0 Å². The number of aromatic nitrogens is 2. The standard InChI is InChI=1S/C16H13N3O2/c1-11-2-7-15(21-11)12-3-5-13(6-4-12)19-16(20)14-10-17-8-9-18-14/h2-10H,1H3,(H,19,20). The molecule has 0 aliphatic carbocycles. The van der Waals surface area contributed by atoms with E-state index in [1.807, 2.05) is 43.3 Å². The number of furan rings is 1. The largest absolute Gasteiger partial charge is 0.461 e.